The average molecular weight is 475 g/mol. The van der Waals surface area contributed by atoms with Crippen molar-refractivity contribution in [1.29, 1.82) is 0 Å². The summed E-state index contributed by atoms with van der Waals surface area (Å²) in [6.45, 7) is 5.33. The van der Waals surface area contributed by atoms with Gasteiger partial charge in [0.25, 0.3) is 0 Å². The highest BCUT2D eigenvalue weighted by atomic mass is 35.5. The van der Waals surface area contributed by atoms with Gasteiger partial charge in [0, 0.05) is 23.7 Å². The number of rotatable bonds is 11. The van der Waals surface area contributed by atoms with Gasteiger partial charge in [0.15, 0.2) is 5.16 Å². The predicted octanol–water partition coefficient (Wildman–Crippen LogP) is 5.01. The number of halogens is 1. The average Bonchev–Trinajstić information content (AvgIpc) is 3.18. The van der Waals surface area contributed by atoms with Crippen molar-refractivity contribution in [2.75, 3.05) is 24.8 Å². The summed E-state index contributed by atoms with van der Waals surface area (Å²) < 4.78 is 13.0. The van der Waals surface area contributed by atoms with Crippen molar-refractivity contribution in [2.45, 2.75) is 38.4 Å². The molecule has 0 bridgehead atoms. The Morgan fingerprint density at radius 1 is 1.19 bits per heavy atom. The van der Waals surface area contributed by atoms with Gasteiger partial charge < -0.3 is 19.4 Å². The van der Waals surface area contributed by atoms with E-state index in [0.29, 0.717) is 11.6 Å². The zero-order valence-corrected chi connectivity index (χ0v) is 20.0. The van der Waals surface area contributed by atoms with Crippen LogP contribution in [0.25, 0.3) is 0 Å². The monoisotopic (exact) mass is 474 g/mol. The molecule has 1 heterocycles. The normalized spacial score (nSPS) is 10.8. The summed E-state index contributed by atoms with van der Waals surface area (Å²) >= 11 is 7.36. The van der Waals surface area contributed by atoms with Crippen LogP contribution in [0.2, 0.25) is 5.02 Å². The van der Waals surface area contributed by atoms with Crippen LogP contribution in [0, 0.1) is 6.92 Å². The van der Waals surface area contributed by atoms with Crippen LogP contribution in [-0.4, -0.2) is 40.1 Å². The largest absolute Gasteiger partial charge is 0.497 e. The zero-order valence-electron chi connectivity index (χ0n) is 18.4. The first-order chi connectivity index (χ1) is 15.5. The number of amides is 1. The maximum Gasteiger partial charge on any atom is 0.234 e. The highest BCUT2D eigenvalue weighted by Gasteiger charge is 2.13. The van der Waals surface area contributed by atoms with Gasteiger partial charge in [-0.15, -0.1) is 10.2 Å². The summed E-state index contributed by atoms with van der Waals surface area (Å²) in [6.07, 6.45) is 1.55. The molecule has 7 nitrogen and oxygen atoms in total. The molecule has 0 spiro atoms. The van der Waals surface area contributed by atoms with Crippen molar-refractivity contribution in [3.63, 3.8) is 0 Å². The molecule has 0 radical (unpaired) electrons. The number of anilines is 1. The molecule has 1 amide bonds. The first-order valence-electron chi connectivity index (χ1n) is 10.4. The molecule has 0 saturated carbocycles. The SMILES string of the molecule is CCn1c(CCCOc2ccc(Cl)cc2C)nnc1SCC(=O)Nc1ccc(OC)cc1. The lowest BCUT2D eigenvalue weighted by Crippen LogP contribution is -2.14. The second-order valence-corrected chi connectivity index (χ2v) is 8.45. The Bertz CT molecular complexity index is 1040. The van der Waals surface area contributed by atoms with E-state index in [-0.39, 0.29) is 11.7 Å². The van der Waals surface area contributed by atoms with Crippen molar-refractivity contribution in [3.05, 3.63) is 58.9 Å². The van der Waals surface area contributed by atoms with E-state index >= 15 is 0 Å². The Labute approximate surface area is 197 Å². The minimum atomic E-state index is -0.0981. The Balaban J connectivity index is 1.47. The number of hydrogen-bond donors (Lipinski definition) is 1. The molecule has 0 saturated heterocycles. The molecule has 0 aliphatic rings. The lowest BCUT2D eigenvalue weighted by atomic mass is 10.2. The number of hydrogen-bond acceptors (Lipinski definition) is 6. The first kappa shape index (κ1) is 23.9. The molecule has 32 heavy (non-hydrogen) atoms. The van der Waals surface area contributed by atoms with Crippen molar-refractivity contribution < 1.29 is 14.3 Å². The van der Waals surface area contributed by atoms with E-state index in [2.05, 4.69) is 15.5 Å². The van der Waals surface area contributed by atoms with Crippen LogP contribution in [0.3, 0.4) is 0 Å². The minimum Gasteiger partial charge on any atom is -0.497 e. The van der Waals surface area contributed by atoms with E-state index in [1.54, 1.807) is 19.2 Å². The lowest BCUT2D eigenvalue weighted by molar-refractivity contribution is -0.113. The van der Waals surface area contributed by atoms with Gasteiger partial charge in [0.05, 0.1) is 19.5 Å². The van der Waals surface area contributed by atoms with Crippen molar-refractivity contribution in [3.8, 4) is 11.5 Å². The van der Waals surface area contributed by atoms with Gasteiger partial charge in [-0.2, -0.15) is 0 Å². The number of thioether (sulfide) groups is 1. The molecular formula is C23H27ClN4O3S. The van der Waals surface area contributed by atoms with Gasteiger partial charge in [0.1, 0.15) is 17.3 Å². The molecule has 3 rings (SSSR count). The standard InChI is InChI=1S/C23H27ClN4O3S/c1-4-28-21(6-5-13-31-20-12-7-17(24)14-16(20)2)26-27-23(28)32-15-22(29)25-18-8-10-19(30-3)11-9-18/h7-12,14H,4-6,13,15H2,1-3H3,(H,25,29). The fourth-order valence-electron chi connectivity index (χ4n) is 3.12. The predicted molar refractivity (Wildman–Crippen MR) is 128 cm³/mol. The summed E-state index contributed by atoms with van der Waals surface area (Å²) in [5, 5.41) is 12.9. The summed E-state index contributed by atoms with van der Waals surface area (Å²) in [5.74, 6) is 2.63. The number of nitrogens with zero attached hydrogens (tertiary/aromatic N) is 3. The quantitative estimate of drug-likeness (QED) is 0.311. The van der Waals surface area contributed by atoms with Crippen LogP contribution in [0.5, 0.6) is 11.5 Å². The van der Waals surface area contributed by atoms with E-state index < -0.39 is 0 Å². The molecule has 170 valence electrons. The van der Waals surface area contributed by atoms with Crippen LogP contribution >= 0.6 is 23.4 Å². The Kier molecular flexibility index (Phi) is 8.81. The first-order valence-corrected chi connectivity index (χ1v) is 11.7. The molecule has 3 aromatic rings. The van der Waals surface area contributed by atoms with Gasteiger partial charge >= 0.3 is 0 Å². The van der Waals surface area contributed by atoms with E-state index in [0.717, 1.165) is 53.1 Å². The van der Waals surface area contributed by atoms with Crippen LogP contribution in [-0.2, 0) is 17.8 Å². The van der Waals surface area contributed by atoms with E-state index in [1.165, 1.54) is 11.8 Å². The Morgan fingerprint density at radius 3 is 2.66 bits per heavy atom. The Morgan fingerprint density at radius 2 is 1.97 bits per heavy atom. The third-order valence-corrected chi connectivity index (χ3v) is 5.96. The summed E-state index contributed by atoms with van der Waals surface area (Å²) in [5.41, 5.74) is 1.74. The van der Waals surface area contributed by atoms with E-state index in [1.807, 2.05) is 48.7 Å². The molecule has 0 unspecified atom stereocenters. The number of aryl methyl sites for hydroxylation is 2. The molecule has 0 fully saturated rings. The maximum absolute atomic E-state index is 12.3. The molecule has 0 aliphatic carbocycles. The van der Waals surface area contributed by atoms with E-state index in [9.17, 15) is 4.79 Å². The lowest BCUT2D eigenvalue weighted by Gasteiger charge is -2.10. The molecule has 1 aromatic heterocycles. The molecular weight excluding hydrogens is 448 g/mol. The fourth-order valence-corrected chi connectivity index (χ4v) is 4.16. The number of methoxy groups -OCH3 is 1. The molecule has 0 aliphatic heterocycles. The Hall–Kier alpha value is -2.71. The smallest absolute Gasteiger partial charge is 0.234 e. The molecule has 2 aromatic carbocycles. The molecule has 1 N–H and O–H groups in total. The number of aromatic nitrogens is 3. The maximum atomic E-state index is 12.3. The van der Waals surface area contributed by atoms with Gasteiger partial charge in [-0.05, 0) is 68.3 Å². The summed E-state index contributed by atoms with van der Waals surface area (Å²) in [6, 6.07) is 12.8. The van der Waals surface area contributed by atoms with Gasteiger partial charge in [0.2, 0.25) is 5.91 Å². The van der Waals surface area contributed by atoms with Crippen LogP contribution in [0.4, 0.5) is 5.69 Å². The van der Waals surface area contributed by atoms with Crippen molar-refractivity contribution in [2.24, 2.45) is 0 Å². The van der Waals surface area contributed by atoms with Crippen LogP contribution in [0.1, 0.15) is 24.7 Å². The van der Waals surface area contributed by atoms with Gasteiger partial charge in [-0.3, -0.25) is 4.79 Å². The van der Waals surface area contributed by atoms with Crippen LogP contribution < -0.4 is 14.8 Å². The number of nitrogens with one attached hydrogen (secondary N) is 1. The number of carbonyl (C=O) groups is 1. The summed E-state index contributed by atoms with van der Waals surface area (Å²) in [4.78, 5) is 12.3. The van der Waals surface area contributed by atoms with Crippen molar-refractivity contribution >= 4 is 35.0 Å². The highest BCUT2D eigenvalue weighted by Crippen LogP contribution is 2.23. The fraction of sp³-hybridized carbons (Fsp3) is 0.348. The van der Waals surface area contributed by atoms with Gasteiger partial charge in [-0.25, -0.2) is 0 Å². The van der Waals surface area contributed by atoms with Crippen LogP contribution in [0.15, 0.2) is 47.6 Å². The van der Waals surface area contributed by atoms with E-state index in [4.69, 9.17) is 21.1 Å². The highest BCUT2D eigenvalue weighted by molar-refractivity contribution is 7.99. The third kappa shape index (κ3) is 6.64. The second-order valence-electron chi connectivity index (χ2n) is 7.07. The second kappa shape index (κ2) is 11.8. The molecule has 9 heteroatoms. The molecule has 0 atom stereocenters. The zero-order chi connectivity index (χ0) is 22.9. The topological polar surface area (TPSA) is 78.3 Å². The minimum absolute atomic E-state index is 0.0981. The number of carbonyl (C=O) groups excluding carboxylic acids is 1. The third-order valence-electron chi connectivity index (χ3n) is 4.76. The number of ether oxygens (including phenoxy) is 2. The van der Waals surface area contributed by atoms with Crippen molar-refractivity contribution in [1.82, 2.24) is 14.8 Å². The van der Waals surface area contributed by atoms with Gasteiger partial charge in [-0.1, -0.05) is 23.4 Å². The number of benzene rings is 2. The summed E-state index contributed by atoms with van der Waals surface area (Å²) in [7, 11) is 1.61.